The molecule has 0 rings (SSSR count). The molecule has 1 atom stereocenters. The molecule has 0 saturated carbocycles. The van der Waals surface area contributed by atoms with Crippen molar-refractivity contribution in [2.45, 2.75) is 19.6 Å². The summed E-state index contributed by atoms with van der Waals surface area (Å²) in [5, 5.41) is 0. The number of ether oxygens (including phenoxy) is 4. The van der Waals surface area contributed by atoms with Crippen LogP contribution in [0.1, 0.15) is 13.8 Å². The number of hydrogen-bond donors (Lipinski definition) is 0. The fourth-order valence-corrected chi connectivity index (χ4v) is 0.859. The molecule has 0 aromatic rings. The van der Waals surface area contributed by atoms with Gasteiger partial charge in [-0.15, -0.1) is 0 Å². The zero-order valence-electron chi connectivity index (χ0n) is 9.07. The average Bonchev–Trinajstić information content (AvgIpc) is 2.24. The van der Waals surface area contributed by atoms with Crippen LogP contribution in [-0.4, -0.2) is 45.2 Å². The van der Waals surface area contributed by atoms with Gasteiger partial charge >= 0.3 is 18.2 Å². The van der Waals surface area contributed by atoms with Gasteiger partial charge in [-0.1, -0.05) is 0 Å². The van der Waals surface area contributed by atoms with Gasteiger partial charge in [-0.25, -0.2) is 9.59 Å². The molecule has 0 aliphatic rings. The molecule has 1 unspecified atom stereocenters. The first-order chi connectivity index (χ1) is 7.16. The Balaban J connectivity index is 4.61. The summed E-state index contributed by atoms with van der Waals surface area (Å²) in [5.41, 5.74) is 0. The molecular formula is C9H15O6. The molecule has 0 heterocycles. The molecule has 15 heavy (non-hydrogen) atoms. The lowest BCUT2D eigenvalue weighted by atomic mass is 10.3. The first kappa shape index (κ1) is 13.9. The van der Waals surface area contributed by atoms with Crippen LogP contribution >= 0.6 is 0 Å². The van der Waals surface area contributed by atoms with Crippen LogP contribution in [0, 0.1) is 0 Å². The van der Waals surface area contributed by atoms with Crippen molar-refractivity contribution in [2.75, 3.05) is 26.9 Å². The molecule has 0 bridgehead atoms. The van der Waals surface area contributed by atoms with Crippen molar-refractivity contribution in [3.05, 3.63) is 0 Å². The molecular weight excluding hydrogens is 204 g/mol. The van der Waals surface area contributed by atoms with Crippen molar-refractivity contribution in [3.8, 4) is 0 Å². The van der Waals surface area contributed by atoms with E-state index in [2.05, 4.69) is 4.74 Å². The number of carbonyl (C=O) groups is 1. The molecule has 0 spiro atoms. The molecule has 0 aliphatic carbocycles. The smallest absolute Gasteiger partial charge is 0.420 e. The summed E-state index contributed by atoms with van der Waals surface area (Å²) in [6, 6.07) is 0. The van der Waals surface area contributed by atoms with E-state index in [9.17, 15) is 9.59 Å². The Bertz CT molecular complexity index is 205. The van der Waals surface area contributed by atoms with Crippen LogP contribution in [0.25, 0.3) is 0 Å². The largest absolute Gasteiger partial charge is 0.461 e. The molecule has 1 radical (unpaired) electrons. The lowest BCUT2D eigenvalue weighted by Gasteiger charge is -2.26. The minimum Gasteiger partial charge on any atom is -0.461 e. The minimum absolute atomic E-state index is 0.151. The number of carbonyl (C=O) groups excluding carboxylic acids is 2. The van der Waals surface area contributed by atoms with E-state index in [1.807, 2.05) is 0 Å². The van der Waals surface area contributed by atoms with Gasteiger partial charge in [-0.05, 0) is 13.8 Å². The van der Waals surface area contributed by atoms with Crippen molar-refractivity contribution >= 4 is 12.4 Å². The van der Waals surface area contributed by atoms with E-state index in [0.29, 0.717) is 6.61 Å². The summed E-state index contributed by atoms with van der Waals surface area (Å²) in [4.78, 5) is 21.6. The summed E-state index contributed by atoms with van der Waals surface area (Å²) in [7, 11) is 1.22. The predicted octanol–water partition coefficient (Wildman–Crippen LogP) is 0.0125. The van der Waals surface area contributed by atoms with Crippen LogP contribution in [-0.2, 0) is 28.5 Å². The van der Waals surface area contributed by atoms with Crippen LogP contribution in [0.15, 0.2) is 0 Å². The Hall–Kier alpha value is -1.14. The number of esters is 1. The van der Waals surface area contributed by atoms with Gasteiger partial charge in [0.15, 0.2) is 0 Å². The Morgan fingerprint density at radius 2 is 2.00 bits per heavy atom. The van der Waals surface area contributed by atoms with Gasteiger partial charge in [0.25, 0.3) is 0 Å². The Kier molecular flexibility index (Phi) is 6.64. The molecule has 87 valence electrons. The van der Waals surface area contributed by atoms with E-state index in [0.717, 1.165) is 6.47 Å². The van der Waals surface area contributed by atoms with Crippen LogP contribution in [0.4, 0.5) is 0 Å². The molecule has 0 aliphatic heterocycles. The van der Waals surface area contributed by atoms with Crippen LogP contribution < -0.4 is 0 Å². The van der Waals surface area contributed by atoms with E-state index in [1.165, 1.54) is 7.11 Å². The van der Waals surface area contributed by atoms with E-state index in [4.69, 9.17) is 14.2 Å². The van der Waals surface area contributed by atoms with E-state index < -0.39 is 11.8 Å². The minimum atomic E-state index is -1.85. The fraction of sp³-hybridized carbons (Fsp3) is 0.778. The highest BCUT2D eigenvalue weighted by Crippen LogP contribution is 2.14. The molecule has 0 aromatic carbocycles. The van der Waals surface area contributed by atoms with Crippen molar-refractivity contribution in [1.82, 2.24) is 0 Å². The zero-order valence-corrected chi connectivity index (χ0v) is 9.07. The molecule has 6 nitrogen and oxygen atoms in total. The van der Waals surface area contributed by atoms with Crippen LogP contribution in [0.5, 0.6) is 0 Å². The highest BCUT2D eigenvalue weighted by Gasteiger charge is 2.43. The van der Waals surface area contributed by atoms with E-state index in [-0.39, 0.29) is 13.2 Å². The summed E-state index contributed by atoms with van der Waals surface area (Å²) in [6.07, 6.45) is 0. The fourth-order valence-electron chi connectivity index (χ4n) is 0.859. The SMILES string of the molecule is CCOCC(OC)(O[C]=O)C(=O)OCC. The zero-order chi connectivity index (χ0) is 11.7. The first-order valence-corrected chi connectivity index (χ1v) is 4.52. The molecule has 6 heteroatoms. The first-order valence-electron chi connectivity index (χ1n) is 4.52. The third-order valence-corrected chi connectivity index (χ3v) is 1.62. The van der Waals surface area contributed by atoms with Crippen molar-refractivity contribution in [2.24, 2.45) is 0 Å². The predicted molar refractivity (Wildman–Crippen MR) is 49.6 cm³/mol. The quantitative estimate of drug-likeness (QED) is 0.423. The third kappa shape index (κ3) is 3.85. The highest BCUT2D eigenvalue weighted by molar-refractivity contribution is 5.79. The van der Waals surface area contributed by atoms with Crippen LogP contribution in [0.2, 0.25) is 0 Å². The lowest BCUT2D eigenvalue weighted by molar-refractivity contribution is -0.228. The summed E-state index contributed by atoms with van der Waals surface area (Å²) in [6.45, 7) is 4.79. The summed E-state index contributed by atoms with van der Waals surface area (Å²) < 4.78 is 19.0. The van der Waals surface area contributed by atoms with Gasteiger partial charge < -0.3 is 18.9 Å². The van der Waals surface area contributed by atoms with Crippen molar-refractivity contribution in [3.63, 3.8) is 0 Å². The normalized spacial score (nSPS) is 14.1. The average molecular weight is 219 g/mol. The monoisotopic (exact) mass is 219 g/mol. The third-order valence-electron chi connectivity index (χ3n) is 1.62. The molecule has 0 fully saturated rings. The molecule has 0 saturated heterocycles. The van der Waals surface area contributed by atoms with Crippen molar-refractivity contribution in [1.29, 1.82) is 0 Å². The van der Waals surface area contributed by atoms with Gasteiger partial charge in [0, 0.05) is 13.7 Å². The summed E-state index contributed by atoms with van der Waals surface area (Å²) >= 11 is 0. The maximum Gasteiger partial charge on any atom is 0.420 e. The van der Waals surface area contributed by atoms with Gasteiger partial charge in [0.2, 0.25) is 0 Å². The van der Waals surface area contributed by atoms with E-state index in [1.54, 1.807) is 13.8 Å². The number of rotatable bonds is 8. The Morgan fingerprint density at radius 3 is 2.40 bits per heavy atom. The lowest BCUT2D eigenvalue weighted by Crippen LogP contribution is -2.48. The molecule has 0 aromatic heterocycles. The van der Waals surface area contributed by atoms with E-state index >= 15 is 0 Å². The second kappa shape index (κ2) is 7.19. The summed E-state index contributed by atoms with van der Waals surface area (Å²) in [5.74, 6) is -2.67. The maximum absolute atomic E-state index is 11.5. The maximum atomic E-state index is 11.5. The standard InChI is InChI=1S/C9H15O6/c1-4-13-6-9(12-3,15-7-10)8(11)14-5-2/h4-6H2,1-3H3. The molecule has 0 N–H and O–H groups in total. The number of methoxy groups -OCH3 is 1. The van der Waals surface area contributed by atoms with Gasteiger partial charge in [0.1, 0.15) is 6.61 Å². The Labute approximate surface area is 88.4 Å². The second-order valence-corrected chi connectivity index (χ2v) is 2.50. The van der Waals surface area contributed by atoms with Crippen LogP contribution in [0.3, 0.4) is 0 Å². The molecule has 0 amide bonds. The van der Waals surface area contributed by atoms with Gasteiger partial charge in [-0.2, -0.15) is 0 Å². The van der Waals surface area contributed by atoms with Gasteiger partial charge in [-0.3, -0.25) is 0 Å². The highest BCUT2D eigenvalue weighted by atomic mass is 16.7. The van der Waals surface area contributed by atoms with Crippen molar-refractivity contribution < 1.29 is 28.5 Å². The Morgan fingerprint density at radius 1 is 1.33 bits per heavy atom. The van der Waals surface area contributed by atoms with Gasteiger partial charge in [0.05, 0.1) is 6.61 Å². The second-order valence-electron chi connectivity index (χ2n) is 2.50. The topological polar surface area (TPSA) is 71.1 Å². The number of hydrogen-bond acceptors (Lipinski definition) is 6.